The van der Waals surface area contributed by atoms with Gasteiger partial charge in [0.2, 0.25) is 5.79 Å². The molecule has 5 atom stereocenters. The van der Waals surface area contributed by atoms with Crippen LogP contribution in [-0.2, 0) is 33.2 Å². The van der Waals surface area contributed by atoms with Crippen LogP contribution in [0.2, 0.25) is 0 Å². The van der Waals surface area contributed by atoms with Gasteiger partial charge in [-0.1, -0.05) is 18.2 Å². The van der Waals surface area contributed by atoms with Crippen molar-refractivity contribution in [2.24, 2.45) is 0 Å². The fourth-order valence-corrected chi connectivity index (χ4v) is 5.09. The van der Waals surface area contributed by atoms with Gasteiger partial charge < -0.3 is 33.7 Å². The number of carbonyl (C=O) groups excluding carboxylic acids is 1. The summed E-state index contributed by atoms with van der Waals surface area (Å²) in [5.41, 5.74) is 0.626. The number of aromatic nitrogens is 1. The molecule has 0 radical (unpaired) electrons. The first-order chi connectivity index (χ1) is 16.3. The van der Waals surface area contributed by atoms with Crippen molar-refractivity contribution in [1.29, 1.82) is 0 Å². The highest BCUT2D eigenvalue weighted by molar-refractivity contribution is 5.92. The van der Waals surface area contributed by atoms with Crippen LogP contribution in [0.5, 0.6) is 0 Å². The number of fused-ring (bicyclic) bond motifs is 4. The van der Waals surface area contributed by atoms with Crippen molar-refractivity contribution in [1.82, 2.24) is 4.98 Å². The summed E-state index contributed by atoms with van der Waals surface area (Å²) in [4.78, 5) is 18.3. The van der Waals surface area contributed by atoms with Crippen molar-refractivity contribution in [3.05, 3.63) is 36.5 Å². The molecule has 0 unspecified atom stereocenters. The van der Waals surface area contributed by atoms with Crippen LogP contribution in [0.4, 0.5) is 5.69 Å². The third kappa shape index (κ3) is 4.51. The largest absolute Gasteiger partial charge is 0.458 e. The van der Waals surface area contributed by atoms with E-state index in [-0.39, 0.29) is 12.7 Å². The number of anilines is 1. The number of esters is 1. The first kappa shape index (κ1) is 24.4. The molecule has 0 saturated carbocycles. The van der Waals surface area contributed by atoms with Crippen molar-refractivity contribution in [3.63, 3.8) is 0 Å². The minimum atomic E-state index is -1.53. The predicted molar refractivity (Wildman–Crippen MR) is 128 cm³/mol. The lowest BCUT2D eigenvalue weighted by Crippen LogP contribution is -2.67. The first-order valence-electron chi connectivity index (χ1n) is 12.0. The molecule has 9 nitrogen and oxygen atoms in total. The van der Waals surface area contributed by atoms with Gasteiger partial charge in [0.15, 0.2) is 17.6 Å². The molecule has 3 aliphatic heterocycles. The van der Waals surface area contributed by atoms with Gasteiger partial charge in [0.05, 0.1) is 17.8 Å². The number of rotatable bonds is 4. The summed E-state index contributed by atoms with van der Waals surface area (Å²) < 4.78 is 37.3. The number of para-hydroxylation sites is 1. The molecule has 0 aliphatic carbocycles. The number of hydrogen-bond acceptors (Lipinski definition) is 9. The summed E-state index contributed by atoms with van der Waals surface area (Å²) in [6.45, 7) is 12.9. The third-order valence-electron chi connectivity index (χ3n) is 6.18. The number of benzene rings is 1. The minimum absolute atomic E-state index is 0.165. The van der Waals surface area contributed by atoms with Gasteiger partial charge in [-0.3, -0.25) is 4.98 Å². The lowest BCUT2D eigenvalue weighted by Gasteiger charge is -2.44. The van der Waals surface area contributed by atoms with E-state index in [9.17, 15) is 4.79 Å². The molecule has 2 aromatic rings. The molecule has 9 heteroatoms. The second kappa shape index (κ2) is 8.11. The lowest BCUT2D eigenvalue weighted by atomic mass is 9.90. The Labute approximate surface area is 205 Å². The maximum Gasteiger partial charge on any atom is 0.334 e. The summed E-state index contributed by atoms with van der Waals surface area (Å²) in [6.07, 6.45) is 0.0890. The number of carbonyl (C=O) groups is 1. The van der Waals surface area contributed by atoms with E-state index < -0.39 is 47.2 Å². The predicted octanol–water partition coefficient (Wildman–Crippen LogP) is 3.76. The zero-order valence-corrected chi connectivity index (χ0v) is 21.3. The molecule has 1 N–H and O–H groups in total. The zero-order valence-electron chi connectivity index (χ0n) is 21.3. The molecule has 190 valence electrons. The van der Waals surface area contributed by atoms with Crippen molar-refractivity contribution in [2.45, 2.75) is 95.8 Å². The fourth-order valence-electron chi connectivity index (χ4n) is 5.09. The van der Waals surface area contributed by atoms with E-state index in [2.05, 4.69) is 10.3 Å². The summed E-state index contributed by atoms with van der Waals surface area (Å²) >= 11 is 0. The summed E-state index contributed by atoms with van der Waals surface area (Å²) in [7, 11) is 0. The summed E-state index contributed by atoms with van der Waals surface area (Å²) in [5, 5.41) is 4.28. The second-order valence-corrected chi connectivity index (χ2v) is 11.2. The molecule has 4 heterocycles. The second-order valence-electron chi connectivity index (χ2n) is 11.2. The van der Waals surface area contributed by atoms with E-state index in [1.807, 2.05) is 65.0 Å². The zero-order chi connectivity index (χ0) is 25.2. The molecule has 1 aromatic carbocycles. The maximum absolute atomic E-state index is 13.8. The van der Waals surface area contributed by atoms with Crippen molar-refractivity contribution >= 4 is 22.6 Å². The Morgan fingerprint density at radius 3 is 2.57 bits per heavy atom. The molecular weight excluding hydrogens is 452 g/mol. The Kier molecular flexibility index (Phi) is 5.65. The quantitative estimate of drug-likeness (QED) is 0.648. The number of pyridine rings is 1. The van der Waals surface area contributed by atoms with Gasteiger partial charge in [0, 0.05) is 11.6 Å². The molecule has 35 heavy (non-hydrogen) atoms. The third-order valence-corrected chi connectivity index (χ3v) is 6.18. The molecule has 3 fully saturated rings. The standard InChI is InChI=1S/C26H34N2O7/c1-23(2,3)34-22(29)20(28-16-12-8-10-15-11-9-13-27-18(15)16)26-21(33-25(6,7)35-26)19-17(14-30-26)31-24(4,5)32-19/h8-13,17,19-21,28H,14H2,1-7H3/t17-,19-,20-,21+,26+/m1/s1. The smallest absolute Gasteiger partial charge is 0.334 e. The highest BCUT2D eigenvalue weighted by Gasteiger charge is 2.70. The van der Waals surface area contributed by atoms with Crippen LogP contribution in [0.15, 0.2) is 36.5 Å². The average molecular weight is 487 g/mol. The monoisotopic (exact) mass is 486 g/mol. The molecule has 1 aromatic heterocycles. The van der Waals surface area contributed by atoms with Crippen LogP contribution in [0, 0.1) is 0 Å². The van der Waals surface area contributed by atoms with Crippen LogP contribution in [0.25, 0.3) is 10.9 Å². The van der Waals surface area contributed by atoms with Crippen LogP contribution in [0.3, 0.4) is 0 Å². The van der Waals surface area contributed by atoms with Crippen molar-refractivity contribution in [2.75, 3.05) is 11.9 Å². The Morgan fingerprint density at radius 1 is 1.09 bits per heavy atom. The van der Waals surface area contributed by atoms with Crippen LogP contribution in [-0.4, -0.2) is 64.9 Å². The van der Waals surface area contributed by atoms with E-state index >= 15 is 0 Å². The van der Waals surface area contributed by atoms with E-state index in [1.165, 1.54) is 0 Å². The van der Waals surface area contributed by atoms with Gasteiger partial charge in [0.25, 0.3) is 0 Å². The van der Waals surface area contributed by atoms with E-state index in [4.69, 9.17) is 28.4 Å². The van der Waals surface area contributed by atoms with Crippen LogP contribution < -0.4 is 5.32 Å². The van der Waals surface area contributed by atoms with Crippen LogP contribution in [0.1, 0.15) is 48.5 Å². The highest BCUT2D eigenvalue weighted by atomic mass is 16.9. The van der Waals surface area contributed by atoms with Crippen molar-refractivity contribution in [3.8, 4) is 0 Å². The van der Waals surface area contributed by atoms with Gasteiger partial charge in [0.1, 0.15) is 23.9 Å². The number of hydrogen-bond donors (Lipinski definition) is 1. The fraction of sp³-hybridized carbons (Fsp3) is 0.615. The van der Waals surface area contributed by atoms with E-state index in [1.54, 1.807) is 20.0 Å². The lowest BCUT2D eigenvalue weighted by molar-refractivity contribution is -0.287. The SMILES string of the molecule is CC(C)(C)OC(=O)[C@@H](Nc1cccc2cccnc12)[C@@]12OC[C@H]3OC(C)(C)O[C@H]3[C@@H]1OC(C)(C)O2. The van der Waals surface area contributed by atoms with E-state index in [0.717, 1.165) is 5.39 Å². The molecule has 3 saturated heterocycles. The Morgan fingerprint density at radius 2 is 1.83 bits per heavy atom. The Hall–Kier alpha value is -2.30. The minimum Gasteiger partial charge on any atom is -0.458 e. The van der Waals surface area contributed by atoms with E-state index in [0.29, 0.717) is 11.2 Å². The number of ether oxygens (including phenoxy) is 6. The highest BCUT2D eigenvalue weighted by Crippen LogP contribution is 2.50. The van der Waals surface area contributed by atoms with Crippen molar-refractivity contribution < 1.29 is 33.2 Å². The first-order valence-corrected chi connectivity index (χ1v) is 12.0. The maximum atomic E-state index is 13.8. The summed E-state index contributed by atoms with van der Waals surface area (Å²) in [5.74, 6) is -3.94. The molecule has 5 rings (SSSR count). The average Bonchev–Trinajstić information content (AvgIpc) is 3.22. The topological polar surface area (TPSA) is 97.4 Å². The van der Waals surface area contributed by atoms with Crippen LogP contribution >= 0.6 is 0 Å². The summed E-state index contributed by atoms with van der Waals surface area (Å²) in [6, 6.07) is 8.47. The Bertz CT molecular complexity index is 1120. The molecule has 0 bridgehead atoms. The van der Waals surface area contributed by atoms with Gasteiger partial charge in [-0.15, -0.1) is 0 Å². The normalized spacial score (nSPS) is 32.0. The van der Waals surface area contributed by atoms with Gasteiger partial charge in [-0.25, -0.2) is 4.79 Å². The molecule has 0 spiro atoms. The Balaban J connectivity index is 1.60. The number of nitrogens with zero attached hydrogens (tertiary/aromatic N) is 1. The van der Waals surface area contributed by atoms with Gasteiger partial charge in [-0.05, 0) is 60.6 Å². The molecular formula is C26H34N2O7. The molecule has 0 amide bonds. The van der Waals surface area contributed by atoms with Gasteiger partial charge >= 0.3 is 5.97 Å². The molecule has 3 aliphatic rings. The number of nitrogens with one attached hydrogen (secondary N) is 1. The van der Waals surface area contributed by atoms with Gasteiger partial charge in [-0.2, -0.15) is 0 Å².